The fraction of sp³-hybridized carbons (Fsp3) is 0.360. The van der Waals surface area contributed by atoms with Crippen LogP contribution < -0.4 is 4.52 Å². The van der Waals surface area contributed by atoms with Gasteiger partial charge in [-0.3, -0.25) is 9.13 Å². The van der Waals surface area contributed by atoms with Gasteiger partial charge in [-0.25, -0.2) is 0 Å². The number of hydrogen-bond acceptors (Lipinski definition) is 4. The minimum absolute atomic E-state index is 0.176. The molecule has 1 aromatic carbocycles. The maximum Gasteiger partial charge on any atom is 0.274 e. The summed E-state index contributed by atoms with van der Waals surface area (Å²) in [4.78, 5) is 0. The van der Waals surface area contributed by atoms with Crippen LogP contribution in [0.1, 0.15) is 46.1 Å². The Morgan fingerprint density at radius 1 is 1.10 bits per heavy atom. The van der Waals surface area contributed by atoms with E-state index in [1.54, 1.807) is 0 Å². The monoisotopic (exact) mass is 458 g/mol. The first-order chi connectivity index (χ1) is 14.8. The zero-order valence-electron chi connectivity index (χ0n) is 18.8. The number of fused-ring (bicyclic) bond motifs is 1. The van der Waals surface area contributed by atoms with Gasteiger partial charge in [0, 0.05) is 23.2 Å². The van der Waals surface area contributed by atoms with Gasteiger partial charge in [0.15, 0.2) is 0 Å². The maximum absolute atomic E-state index is 14.0. The normalized spacial score (nSPS) is 32.4. The van der Waals surface area contributed by atoms with Crippen molar-refractivity contribution in [1.82, 2.24) is 0 Å². The first-order valence-electron chi connectivity index (χ1n) is 10.8. The van der Waals surface area contributed by atoms with Gasteiger partial charge < -0.3 is 9.05 Å². The molecule has 0 amide bonds. The van der Waals surface area contributed by atoms with Crippen molar-refractivity contribution in [1.29, 1.82) is 0 Å². The lowest BCUT2D eigenvalue weighted by Crippen LogP contribution is -2.14. The summed E-state index contributed by atoms with van der Waals surface area (Å²) in [6.45, 7) is 7.65. The van der Waals surface area contributed by atoms with Crippen LogP contribution in [-0.2, 0) is 13.7 Å². The average molecular weight is 458 g/mol. The molecule has 0 spiro atoms. The van der Waals surface area contributed by atoms with E-state index in [2.05, 4.69) is 13.0 Å². The Hall–Kier alpha value is -2.02. The van der Waals surface area contributed by atoms with Crippen molar-refractivity contribution in [2.24, 2.45) is 0 Å². The standard InChI is InChI=1S/C25H32O4P2/c1-5-6-15-23-22(4)31(27,29-25-17-12-11-16-24(23)25)19-18-30(26)21(3)14-10-8-7-9-13-20(2)28-30/h6-7,9-17,21H,5,8,18-19H2,1-4H3/b9-7-,14-10-,15-6-,20-13+. The van der Waals surface area contributed by atoms with Gasteiger partial charge in [0.1, 0.15) is 11.5 Å². The predicted octanol–water partition coefficient (Wildman–Crippen LogP) is 8.16. The SMILES string of the molecule is CC/C=C\C1=C(C)P(=O)(CCP2(=O)O/C(C)=C/C=C\C/C=C\C2C)Oc2ccccc21. The molecule has 6 heteroatoms. The number of benzene rings is 1. The molecule has 4 nitrogen and oxygen atoms in total. The predicted molar refractivity (Wildman–Crippen MR) is 131 cm³/mol. The molecule has 1 aromatic rings. The first kappa shape index (κ1) is 23.6. The fourth-order valence-electron chi connectivity index (χ4n) is 3.68. The molecule has 3 unspecified atom stereocenters. The van der Waals surface area contributed by atoms with Gasteiger partial charge in [-0.1, -0.05) is 61.6 Å². The molecule has 2 aliphatic heterocycles. The van der Waals surface area contributed by atoms with Crippen LogP contribution in [0, 0.1) is 0 Å². The minimum Gasteiger partial charge on any atom is -0.447 e. The molecular weight excluding hydrogens is 426 g/mol. The second-order valence-corrected chi connectivity index (χ2v) is 13.5. The van der Waals surface area contributed by atoms with E-state index >= 15 is 0 Å². The smallest absolute Gasteiger partial charge is 0.274 e. The minimum atomic E-state index is -3.21. The van der Waals surface area contributed by atoms with Crippen molar-refractivity contribution in [3.63, 3.8) is 0 Å². The highest BCUT2D eigenvalue weighted by Gasteiger charge is 2.39. The molecule has 0 aromatic heterocycles. The van der Waals surface area contributed by atoms with Crippen molar-refractivity contribution >= 4 is 20.3 Å². The van der Waals surface area contributed by atoms with E-state index in [0.29, 0.717) is 11.5 Å². The lowest BCUT2D eigenvalue weighted by atomic mass is 10.0. The largest absolute Gasteiger partial charge is 0.447 e. The molecule has 0 N–H and O–H groups in total. The topological polar surface area (TPSA) is 52.6 Å². The molecule has 3 atom stereocenters. The number of allylic oxidation sites excluding steroid dienone is 10. The van der Waals surface area contributed by atoms with Crippen molar-refractivity contribution in [2.75, 3.05) is 12.3 Å². The van der Waals surface area contributed by atoms with E-state index in [4.69, 9.17) is 9.05 Å². The highest BCUT2D eigenvalue weighted by atomic mass is 31.2. The van der Waals surface area contributed by atoms with Crippen molar-refractivity contribution in [3.05, 3.63) is 83.4 Å². The van der Waals surface area contributed by atoms with Gasteiger partial charge in [-0.05, 0) is 51.3 Å². The highest BCUT2D eigenvalue weighted by molar-refractivity contribution is 7.66. The Morgan fingerprint density at radius 3 is 2.65 bits per heavy atom. The van der Waals surface area contributed by atoms with Crippen LogP contribution in [0.25, 0.3) is 5.57 Å². The Morgan fingerprint density at radius 2 is 1.87 bits per heavy atom. The Labute approximate surface area is 186 Å². The van der Waals surface area contributed by atoms with Crippen LogP contribution in [0.15, 0.2) is 77.9 Å². The lowest BCUT2D eigenvalue weighted by molar-refractivity contribution is 0.400. The number of hydrogen-bond donors (Lipinski definition) is 0. The molecule has 0 bridgehead atoms. The number of para-hydroxylation sites is 1. The van der Waals surface area contributed by atoms with Gasteiger partial charge in [0.05, 0.1) is 5.66 Å². The molecule has 2 aliphatic rings. The third-order valence-electron chi connectivity index (χ3n) is 5.62. The summed E-state index contributed by atoms with van der Waals surface area (Å²) in [5.41, 5.74) is 1.61. The second kappa shape index (κ2) is 10.1. The van der Waals surface area contributed by atoms with E-state index in [9.17, 15) is 9.13 Å². The summed E-state index contributed by atoms with van der Waals surface area (Å²) < 4.78 is 39.9. The van der Waals surface area contributed by atoms with E-state index in [0.717, 1.165) is 29.3 Å². The van der Waals surface area contributed by atoms with Gasteiger partial charge >= 0.3 is 0 Å². The summed E-state index contributed by atoms with van der Waals surface area (Å²) in [5.74, 6) is 1.22. The quantitative estimate of drug-likeness (QED) is 0.330. The second-order valence-electron chi connectivity index (χ2n) is 7.95. The summed E-state index contributed by atoms with van der Waals surface area (Å²) in [6.07, 6.45) is 15.8. The Balaban J connectivity index is 1.94. The van der Waals surface area contributed by atoms with Gasteiger partial charge in [0.2, 0.25) is 0 Å². The maximum atomic E-state index is 14.0. The molecule has 3 rings (SSSR count). The van der Waals surface area contributed by atoms with Crippen LogP contribution in [0.2, 0.25) is 0 Å². The zero-order chi connectivity index (χ0) is 22.5. The van der Waals surface area contributed by atoms with Gasteiger partial charge in [0.25, 0.3) is 14.7 Å². The zero-order valence-corrected chi connectivity index (χ0v) is 20.6. The van der Waals surface area contributed by atoms with Crippen LogP contribution >= 0.6 is 14.7 Å². The fourth-order valence-corrected chi connectivity index (χ4v) is 9.05. The van der Waals surface area contributed by atoms with E-state index in [1.165, 1.54) is 0 Å². The van der Waals surface area contributed by atoms with Crippen LogP contribution in [0.3, 0.4) is 0 Å². The van der Waals surface area contributed by atoms with Crippen molar-refractivity contribution in [3.8, 4) is 5.75 Å². The molecule has 31 heavy (non-hydrogen) atoms. The van der Waals surface area contributed by atoms with Gasteiger partial charge in [-0.2, -0.15) is 0 Å². The average Bonchev–Trinajstić information content (AvgIpc) is 2.74. The van der Waals surface area contributed by atoms with E-state index in [-0.39, 0.29) is 18.0 Å². The summed E-state index contributed by atoms with van der Waals surface area (Å²) in [6, 6.07) is 7.67. The van der Waals surface area contributed by atoms with Crippen LogP contribution in [-0.4, -0.2) is 18.0 Å². The molecule has 0 aliphatic carbocycles. The molecule has 0 saturated heterocycles. The summed E-state index contributed by atoms with van der Waals surface area (Å²) in [5, 5.41) is 0.724. The molecule has 0 saturated carbocycles. The summed E-state index contributed by atoms with van der Waals surface area (Å²) in [7, 11) is -6.34. The Kier molecular flexibility index (Phi) is 7.68. The molecule has 2 heterocycles. The third kappa shape index (κ3) is 5.43. The van der Waals surface area contributed by atoms with E-state index in [1.807, 2.05) is 81.5 Å². The highest BCUT2D eigenvalue weighted by Crippen LogP contribution is 2.64. The van der Waals surface area contributed by atoms with Crippen LogP contribution in [0.4, 0.5) is 0 Å². The molecule has 166 valence electrons. The first-order valence-corrected chi connectivity index (χ1v) is 14.5. The third-order valence-corrected chi connectivity index (χ3v) is 11.4. The van der Waals surface area contributed by atoms with E-state index < -0.39 is 14.7 Å². The van der Waals surface area contributed by atoms with Crippen molar-refractivity contribution < 1.29 is 18.2 Å². The lowest BCUT2D eigenvalue weighted by Gasteiger charge is -2.31. The number of rotatable bonds is 5. The molecule has 0 fully saturated rings. The molecule has 0 radical (unpaired) electrons. The van der Waals surface area contributed by atoms with Crippen LogP contribution in [0.5, 0.6) is 5.75 Å². The summed E-state index contributed by atoms with van der Waals surface area (Å²) >= 11 is 0. The molecular formula is C25H32O4P2. The van der Waals surface area contributed by atoms with Gasteiger partial charge in [-0.15, -0.1) is 0 Å². The van der Waals surface area contributed by atoms with Crippen molar-refractivity contribution in [2.45, 2.75) is 46.2 Å². The Bertz CT molecular complexity index is 1060.